The van der Waals surface area contributed by atoms with Crippen molar-refractivity contribution in [3.63, 3.8) is 0 Å². The molecule has 2 aromatic carbocycles. The second-order valence-corrected chi connectivity index (χ2v) is 6.80. The molecule has 0 saturated heterocycles. The fourth-order valence-corrected chi connectivity index (χ4v) is 2.61. The van der Waals surface area contributed by atoms with E-state index in [1.165, 1.54) is 48.5 Å². The van der Waals surface area contributed by atoms with Crippen LogP contribution in [-0.4, -0.2) is 19.4 Å². The van der Waals surface area contributed by atoms with E-state index >= 15 is 0 Å². The third-order valence-electron chi connectivity index (χ3n) is 3.37. The number of nitro groups is 1. The number of carbonyl (C=O) groups is 1. The van der Waals surface area contributed by atoms with E-state index in [9.17, 15) is 23.3 Å². The molecule has 10 heteroatoms. The van der Waals surface area contributed by atoms with Gasteiger partial charge in [0.15, 0.2) is 0 Å². The summed E-state index contributed by atoms with van der Waals surface area (Å²) in [6.07, 6.45) is 0. The summed E-state index contributed by atoms with van der Waals surface area (Å²) in [5.41, 5.74) is 0.814. The Labute approximate surface area is 144 Å². The highest BCUT2D eigenvalue weighted by molar-refractivity contribution is 7.89. The van der Waals surface area contributed by atoms with Gasteiger partial charge in [-0.25, -0.2) is 18.4 Å². The normalized spacial score (nSPS) is 12.2. The van der Waals surface area contributed by atoms with Gasteiger partial charge < -0.3 is 10.6 Å². The molecule has 132 valence electrons. The minimum Gasteiger partial charge on any atom is -0.331 e. The first-order chi connectivity index (χ1) is 11.7. The smallest absolute Gasteiger partial charge is 0.319 e. The maximum absolute atomic E-state index is 12.0. The Kier molecular flexibility index (Phi) is 5.35. The number of carbonyl (C=O) groups excluding carboxylic acids is 1. The van der Waals surface area contributed by atoms with Crippen LogP contribution in [-0.2, 0) is 10.0 Å². The molecule has 2 amide bonds. The number of amides is 2. The zero-order chi connectivity index (χ0) is 18.6. The van der Waals surface area contributed by atoms with Gasteiger partial charge in [0.05, 0.1) is 15.9 Å². The summed E-state index contributed by atoms with van der Waals surface area (Å²) in [5, 5.41) is 20.9. The number of rotatable bonds is 5. The molecule has 0 heterocycles. The Bertz CT molecular complexity index is 896. The van der Waals surface area contributed by atoms with E-state index in [-0.39, 0.29) is 16.3 Å². The molecule has 0 fully saturated rings. The lowest BCUT2D eigenvalue weighted by Crippen LogP contribution is -2.31. The van der Waals surface area contributed by atoms with Crippen molar-refractivity contribution < 1.29 is 18.1 Å². The zero-order valence-electron chi connectivity index (χ0n) is 13.2. The fraction of sp³-hybridized carbons (Fsp3) is 0.133. The summed E-state index contributed by atoms with van der Waals surface area (Å²) in [6.45, 7) is 1.71. The van der Waals surface area contributed by atoms with E-state index < -0.39 is 27.0 Å². The molecule has 0 aliphatic rings. The largest absolute Gasteiger partial charge is 0.331 e. The Hall–Kier alpha value is -2.98. The number of anilines is 1. The van der Waals surface area contributed by atoms with Gasteiger partial charge in [0.1, 0.15) is 0 Å². The number of urea groups is 1. The second kappa shape index (κ2) is 7.28. The van der Waals surface area contributed by atoms with Crippen LogP contribution in [0.25, 0.3) is 0 Å². The van der Waals surface area contributed by atoms with Crippen LogP contribution >= 0.6 is 0 Å². The summed E-state index contributed by atoms with van der Waals surface area (Å²) < 4.78 is 22.4. The minimum absolute atomic E-state index is 0.0236. The van der Waals surface area contributed by atoms with Crippen molar-refractivity contribution in [3.8, 4) is 0 Å². The van der Waals surface area contributed by atoms with Crippen LogP contribution in [0, 0.1) is 10.1 Å². The van der Waals surface area contributed by atoms with Gasteiger partial charge in [0, 0.05) is 17.8 Å². The predicted molar refractivity (Wildman–Crippen MR) is 91.5 cm³/mol. The number of primary sulfonamides is 1. The van der Waals surface area contributed by atoms with Crippen LogP contribution in [0.1, 0.15) is 18.5 Å². The number of nitrogens with zero attached hydrogens (tertiary/aromatic N) is 1. The molecule has 25 heavy (non-hydrogen) atoms. The third kappa shape index (κ3) is 4.99. The van der Waals surface area contributed by atoms with Crippen LogP contribution in [0.2, 0.25) is 0 Å². The second-order valence-electron chi connectivity index (χ2n) is 5.24. The van der Waals surface area contributed by atoms with Gasteiger partial charge in [-0.05, 0) is 30.7 Å². The van der Waals surface area contributed by atoms with Gasteiger partial charge in [-0.15, -0.1) is 0 Å². The molecule has 2 rings (SSSR count). The van der Waals surface area contributed by atoms with Gasteiger partial charge in [-0.2, -0.15) is 0 Å². The molecule has 0 aliphatic heterocycles. The Morgan fingerprint density at radius 3 is 2.40 bits per heavy atom. The van der Waals surface area contributed by atoms with Gasteiger partial charge in [-0.1, -0.05) is 18.2 Å². The quantitative estimate of drug-likeness (QED) is 0.550. The number of non-ortho nitro benzene ring substituents is 1. The topological polar surface area (TPSA) is 144 Å². The molecule has 0 saturated carbocycles. The highest BCUT2D eigenvalue weighted by Gasteiger charge is 2.13. The van der Waals surface area contributed by atoms with Crippen molar-refractivity contribution in [1.29, 1.82) is 0 Å². The van der Waals surface area contributed by atoms with E-state index in [0.29, 0.717) is 5.56 Å². The summed E-state index contributed by atoms with van der Waals surface area (Å²) in [7, 11) is -3.77. The van der Waals surface area contributed by atoms with Crippen molar-refractivity contribution in [2.75, 3.05) is 5.32 Å². The molecule has 0 bridgehead atoms. The molecule has 9 nitrogen and oxygen atoms in total. The van der Waals surface area contributed by atoms with Crippen LogP contribution in [0.5, 0.6) is 0 Å². The molecule has 1 atom stereocenters. The number of nitrogens with one attached hydrogen (secondary N) is 2. The lowest BCUT2D eigenvalue weighted by Gasteiger charge is -2.15. The van der Waals surface area contributed by atoms with Gasteiger partial charge in [-0.3, -0.25) is 10.1 Å². The molecular weight excluding hydrogens is 348 g/mol. The SMILES string of the molecule is CC(NC(=O)Nc1cccc([N+](=O)[O-])c1)c1ccc(S(N)(=O)=O)cc1. The monoisotopic (exact) mass is 364 g/mol. The van der Waals surface area contributed by atoms with E-state index in [0.717, 1.165) is 0 Å². The van der Waals surface area contributed by atoms with Crippen LogP contribution in [0.4, 0.5) is 16.2 Å². The summed E-state index contributed by atoms with van der Waals surface area (Å²) in [5.74, 6) is 0. The van der Waals surface area contributed by atoms with Crippen LogP contribution in [0.3, 0.4) is 0 Å². The van der Waals surface area contributed by atoms with E-state index in [1.54, 1.807) is 6.92 Å². The minimum atomic E-state index is -3.77. The fourth-order valence-electron chi connectivity index (χ4n) is 2.09. The lowest BCUT2D eigenvalue weighted by atomic mass is 10.1. The first-order valence-corrected chi connectivity index (χ1v) is 8.66. The summed E-state index contributed by atoms with van der Waals surface area (Å²) >= 11 is 0. The standard InChI is InChI=1S/C15H16N4O5S/c1-10(11-5-7-14(8-6-11)25(16,23)24)17-15(20)18-12-3-2-4-13(9-12)19(21)22/h2-10H,1H3,(H2,16,23,24)(H2,17,18,20). The van der Waals surface area contributed by atoms with Crippen LogP contribution < -0.4 is 15.8 Å². The Morgan fingerprint density at radius 1 is 1.20 bits per heavy atom. The maximum atomic E-state index is 12.0. The average Bonchev–Trinajstić information content (AvgIpc) is 2.54. The number of hydrogen-bond donors (Lipinski definition) is 3. The maximum Gasteiger partial charge on any atom is 0.319 e. The first-order valence-electron chi connectivity index (χ1n) is 7.11. The van der Waals surface area contributed by atoms with Crippen molar-refractivity contribution in [2.24, 2.45) is 5.14 Å². The number of hydrogen-bond acceptors (Lipinski definition) is 5. The predicted octanol–water partition coefficient (Wildman–Crippen LogP) is 2.12. The summed E-state index contributed by atoms with van der Waals surface area (Å²) in [4.78, 5) is 22.1. The Balaban J connectivity index is 2.02. The van der Waals surface area contributed by atoms with E-state index in [4.69, 9.17) is 5.14 Å². The molecule has 1 unspecified atom stereocenters. The molecule has 0 aromatic heterocycles. The molecule has 2 aromatic rings. The molecular formula is C15H16N4O5S. The number of benzene rings is 2. The zero-order valence-corrected chi connectivity index (χ0v) is 14.0. The number of nitro benzene ring substituents is 1. The van der Waals surface area contributed by atoms with E-state index in [2.05, 4.69) is 10.6 Å². The highest BCUT2D eigenvalue weighted by atomic mass is 32.2. The third-order valence-corrected chi connectivity index (χ3v) is 4.30. The van der Waals surface area contributed by atoms with Gasteiger partial charge in [0.25, 0.3) is 5.69 Å². The van der Waals surface area contributed by atoms with Crippen molar-refractivity contribution in [1.82, 2.24) is 5.32 Å². The number of nitrogens with two attached hydrogens (primary N) is 1. The highest BCUT2D eigenvalue weighted by Crippen LogP contribution is 2.18. The average molecular weight is 364 g/mol. The van der Waals surface area contributed by atoms with Crippen molar-refractivity contribution >= 4 is 27.4 Å². The van der Waals surface area contributed by atoms with Crippen LogP contribution in [0.15, 0.2) is 53.4 Å². The lowest BCUT2D eigenvalue weighted by molar-refractivity contribution is -0.384. The molecule has 0 radical (unpaired) electrons. The molecule has 0 spiro atoms. The van der Waals surface area contributed by atoms with Crippen molar-refractivity contribution in [3.05, 3.63) is 64.2 Å². The van der Waals surface area contributed by atoms with Crippen molar-refractivity contribution in [2.45, 2.75) is 17.9 Å². The Morgan fingerprint density at radius 2 is 1.84 bits per heavy atom. The van der Waals surface area contributed by atoms with E-state index in [1.807, 2.05) is 0 Å². The number of sulfonamides is 1. The molecule has 0 aliphatic carbocycles. The first kappa shape index (κ1) is 18.4. The van der Waals surface area contributed by atoms with Gasteiger partial charge >= 0.3 is 6.03 Å². The van der Waals surface area contributed by atoms with Gasteiger partial charge in [0.2, 0.25) is 10.0 Å². The molecule has 4 N–H and O–H groups in total. The summed E-state index contributed by atoms with van der Waals surface area (Å²) in [6, 6.07) is 10.3.